The Labute approximate surface area is 100 Å². The average Bonchev–Trinajstić information content (AvgIpc) is 2.31. The number of amides is 1. The van der Waals surface area contributed by atoms with Gasteiger partial charge in [-0.15, -0.1) is 0 Å². The molecule has 0 unspecified atom stereocenters. The largest absolute Gasteiger partial charge is 0.495 e. The molecule has 0 fully saturated rings. The Hall–Kier alpha value is -1.75. The lowest BCUT2D eigenvalue weighted by Crippen LogP contribution is -2.14. The second kappa shape index (κ2) is 6.75. The van der Waals surface area contributed by atoms with Crippen molar-refractivity contribution >= 4 is 11.8 Å². The van der Waals surface area contributed by atoms with Gasteiger partial charge in [0.15, 0.2) is 0 Å². The van der Waals surface area contributed by atoms with Crippen molar-refractivity contribution in [2.24, 2.45) is 0 Å². The molecule has 0 aliphatic rings. The third-order valence-corrected chi connectivity index (χ3v) is 2.18. The Bertz CT molecular complexity index is 379. The number of rotatable bonds is 5. The van der Waals surface area contributed by atoms with Crippen molar-refractivity contribution in [2.45, 2.75) is 13.3 Å². The minimum absolute atomic E-state index is 0.0772. The highest BCUT2D eigenvalue weighted by molar-refractivity contribution is 5.86. The van der Waals surface area contributed by atoms with Crippen LogP contribution in [0.3, 0.4) is 0 Å². The summed E-state index contributed by atoms with van der Waals surface area (Å²) in [4.78, 5) is 11.3. The van der Waals surface area contributed by atoms with Gasteiger partial charge in [0.05, 0.1) is 19.4 Å². The van der Waals surface area contributed by atoms with Crippen LogP contribution >= 0.6 is 0 Å². The van der Waals surface area contributed by atoms with E-state index in [0.717, 1.165) is 5.56 Å². The zero-order valence-corrected chi connectivity index (χ0v) is 10.0. The van der Waals surface area contributed by atoms with E-state index in [1.807, 2.05) is 6.07 Å². The normalized spacial score (nSPS) is 9.82. The van der Waals surface area contributed by atoms with Gasteiger partial charge in [-0.3, -0.25) is 5.32 Å². The Morgan fingerprint density at radius 1 is 1.47 bits per heavy atom. The zero-order valence-electron chi connectivity index (χ0n) is 10.0. The predicted molar refractivity (Wildman–Crippen MR) is 64.4 cm³/mol. The molecule has 0 saturated heterocycles. The summed E-state index contributed by atoms with van der Waals surface area (Å²) < 4.78 is 9.94. The number of carbonyl (C=O) groups is 1. The molecular formula is C12H17NO4. The standard InChI is InChI=1S/C12H17NO4/c1-3-17-12(15)13-10-5-4-9(6-7-14)8-11(10)16-2/h4-5,8,14H,3,6-7H2,1-2H3,(H,13,15). The number of aliphatic hydroxyl groups excluding tert-OH is 1. The van der Waals surface area contributed by atoms with E-state index >= 15 is 0 Å². The van der Waals surface area contributed by atoms with Crippen molar-refractivity contribution < 1.29 is 19.4 Å². The molecule has 5 heteroatoms. The first kappa shape index (κ1) is 13.3. The lowest BCUT2D eigenvalue weighted by molar-refractivity contribution is 0.168. The minimum atomic E-state index is -0.513. The van der Waals surface area contributed by atoms with Crippen LogP contribution in [0.15, 0.2) is 18.2 Å². The van der Waals surface area contributed by atoms with Crippen molar-refractivity contribution in [3.05, 3.63) is 23.8 Å². The molecule has 0 aliphatic heterocycles. The fourth-order valence-corrected chi connectivity index (χ4v) is 1.40. The molecule has 0 heterocycles. The molecule has 1 rings (SSSR count). The zero-order chi connectivity index (χ0) is 12.7. The van der Waals surface area contributed by atoms with Crippen LogP contribution in [0.25, 0.3) is 0 Å². The molecule has 0 spiro atoms. The maximum atomic E-state index is 11.3. The molecule has 5 nitrogen and oxygen atoms in total. The molecule has 1 aromatic carbocycles. The van der Waals surface area contributed by atoms with Crippen LogP contribution in [0.1, 0.15) is 12.5 Å². The van der Waals surface area contributed by atoms with Gasteiger partial charge in [0.2, 0.25) is 0 Å². The molecule has 0 aliphatic carbocycles. The molecule has 2 N–H and O–H groups in total. The van der Waals surface area contributed by atoms with Crippen molar-refractivity contribution in [2.75, 3.05) is 25.6 Å². The highest BCUT2D eigenvalue weighted by Crippen LogP contribution is 2.25. The lowest BCUT2D eigenvalue weighted by Gasteiger charge is -2.11. The van der Waals surface area contributed by atoms with Gasteiger partial charge in [-0.2, -0.15) is 0 Å². The van der Waals surface area contributed by atoms with Crippen molar-refractivity contribution in [3.8, 4) is 5.75 Å². The van der Waals surface area contributed by atoms with Gasteiger partial charge >= 0.3 is 6.09 Å². The molecule has 0 saturated carbocycles. The van der Waals surface area contributed by atoms with E-state index in [2.05, 4.69) is 5.32 Å². The number of aliphatic hydroxyl groups is 1. The van der Waals surface area contributed by atoms with E-state index in [-0.39, 0.29) is 6.61 Å². The summed E-state index contributed by atoms with van der Waals surface area (Å²) in [5, 5.41) is 11.4. The van der Waals surface area contributed by atoms with Gasteiger partial charge in [0.1, 0.15) is 5.75 Å². The summed E-state index contributed by atoms with van der Waals surface area (Å²) in [5.41, 5.74) is 1.49. The van der Waals surface area contributed by atoms with Gasteiger partial charge in [-0.1, -0.05) is 6.07 Å². The quantitative estimate of drug-likeness (QED) is 0.822. The second-order valence-corrected chi connectivity index (χ2v) is 3.35. The molecule has 0 aromatic heterocycles. The highest BCUT2D eigenvalue weighted by atomic mass is 16.5. The number of hydrogen-bond acceptors (Lipinski definition) is 4. The number of ether oxygens (including phenoxy) is 2. The van der Waals surface area contributed by atoms with Gasteiger partial charge in [0.25, 0.3) is 0 Å². The summed E-state index contributed by atoms with van der Waals surface area (Å²) in [6.45, 7) is 2.13. The van der Waals surface area contributed by atoms with Crippen LogP contribution in [0.5, 0.6) is 5.75 Å². The maximum Gasteiger partial charge on any atom is 0.411 e. The Kier molecular flexibility index (Phi) is 5.29. The predicted octanol–water partition coefficient (Wildman–Crippen LogP) is 1.80. The topological polar surface area (TPSA) is 67.8 Å². The first-order valence-corrected chi connectivity index (χ1v) is 5.42. The van der Waals surface area contributed by atoms with E-state index in [4.69, 9.17) is 14.6 Å². The maximum absolute atomic E-state index is 11.3. The van der Waals surface area contributed by atoms with E-state index in [1.54, 1.807) is 19.1 Å². The molecular weight excluding hydrogens is 222 g/mol. The smallest absolute Gasteiger partial charge is 0.411 e. The Morgan fingerprint density at radius 3 is 2.82 bits per heavy atom. The molecule has 0 radical (unpaired) electrons. The van der Waals surface area contributed by atoms with Crippen LogP contribution in [0, 0.1) is 0 Å². The van der Waals surface area contributed by atoms with Crippen LogP contribution in [-0.4, -0.2) is 31.5 Å². The van der Waals surface area contributed by atoms with Gasteiger partial charge in [-0.25, -0.2) is 4.79 Å². The Balaban J connectivity index is 2.81. The van der Waals surface area contributed by atoms with Crippen LogP contribution in [0.2, 0.25) is 0 Å². The summed E-state index contributed by atoms with van der Waals surface area (Å²) in [6, 6.07) is 5.32. The fraction of sp³-hybridized carbons (Fsp3) is 0.417. The summed E-state index contributed by atoms with van der Waals surface area (Å²) in [5.74, 6) is 0.545. The van der Waals surface area contributed by atoms with E-state index < -0.39 is 6.09 Å². The van der Waals surface area contributed by atoms with Crippen molar-refractivity contribution in [1.82, 2.24) is 0 Å². The summed E-state index contributed by atoms with van der Waals surface area (Å²) in [7, 11) is 1.52. The number of benzene rings is 1. The first-order valence-electron chi connectivity index (χ1n) is 5.42. The lowest BCUT2D eigenvalue weighted by atomic mass is 10.1. The number of hydrogen-bond donors (Lipinski definition) is 2. The van der Waals surface area contributed by atoms with Crippen molar-refractivity contribution in [1.29, 1.82) is 0 Å². The van der Waals surface area contributed by atoms with E-state index in [0.29, 0.717) is 24.5 Å². The van der Waals surface area contributed by atoms with Gasteiger partial charge in [0, 0.05) is 6.61 Å². The SMILES string of the molecule is CCOC(=O)Nc1ccc(CCO)cc1OC. The number of nitrogens with one attached hydrogen (secondary N) is 1. The number of anilines is 1. The minimum Gasteiger partial charge on any atom is -0.495 e. The Morgan fingerprint density at radius 2 is 2.24 bits per heavy atom. The first-order chi connectivity index (χ1) is 8.21. The third-order valence-electron chi connectivity index (χ3n) is 2.18. The van der Waals surface area contributed by atoms with Gasteiger partial charge < -0.3 is 14.6 Å². The number of methoxy groups -OCH3 is 1. The number of carbonyl (C=O) groups excluding carboxylic acids is 1. The molecule has 94 valence electrons. The van der Waals surface area contributed by atoms with Crippen LogP contribution in [0.4, 0.5) is 10.5 Å². The molecule has 17 heavy (non-hydrogen) atoms. The second-order valence-electron chi connectivity index (χ2n) is 3.35. The summed E-state index contributed by atoms with van der Waals surface area (Å²) >= 11 is 0. The van der Waals surface area contributed by atoms with Crippen LogP contribution < -0.4 is 10.1 Å². The average molecular weight is 239 g/mol. The molecule has 1 aromatic rings. The fourth-order valence-electron chi connectivity index (χ4n) is 1.40. The van der Waals surface area contributed by atoms with Crippen LogP contribution in [-0.2, 0) is 11.2 Å². The highest BCUT2D eigenvalue weighted by Gasteiger charge is 2.08. The van der Waals surface area contributed by atoms with Crippen molar-refractivity contribution in [3.63, 3.8) is 0 Å². The molecule has 0 atom stereocenters. The molecule has 0 bridgehead atoms. The third kappa shape index (κ3) is 3.96. The van der Waals surface area contributed by atoms with E-state index in [1.165, 1.54) is 7.11 Å². The van der Waals surface area contributed by atoms with E-state index in [9.17, 15) is 4.79 Å². The van der Waals surface area contributed by atoms with Gasteiger partial charge in [-0.05, 0) is 31.0 Å². The monoisotopic (exact) mass is 239 g/mol. The summed E-state index contributed by atoms with van der Waals surface area (Å²) in [6.07, 6.45) is 0.0384. The molecule has 1 amide bonds.